The van der Waals surface area contributed by atoms with Gasteiger partial charge in [0.1, 0.15) is 0 Å². The van der Waals surface area contributed by atoms with Crippen LogP contribution in [-0.4, -0.2) is 67.1 Å². The highest BCUT2D eigenvalue weighted by Crippen LogP contribution is 2.30. The average molecular weight is 365 g/mol. The monoisotopic (exact) mass is 365 g/mol. The molecule has 3 rings (SSSR count). The topological polar surface area (TPSA) is 93.7 Å². The van der Waals surface area contributed by atoms with E-state index in [1.807, 2.05) is 0 Å². The van der Waals surface area contributed by atoms with Crippen LogP contribution in [0.25, 0.3) is 10.9 Å². The molecule has 8 nitrogen and oxygen atoms in total. The van der Waals surface area contributed by atoms with Crippen molar-refractivity contribution >= 4 is 28.6 Å². The maximum Gasteiger partial charge on any atom is 0.259 e. The molecule has 1 amide bonds. The number of carbonyl (C=O) groups is 1. The number of aromatic nitrogens is 2. The molecule has 1 aliphatic heterocycles. The number of nitrogens with one attached hydrogen (secondary N) is 1. The summed E-state index contributed by atoms with van der Waals surface area (Å²) in [7, 11) is 3.03. The Morgan fingerprint density at radius 1 is 1.28 bits per heavy atom. The standard InChI is InChI=1S/C16H19N3O5S/c1-22-12-7-10-11(8-13(12)23-2)17-16(18-15(10)21)25-9-14(20)19-3-5-24-6-4-19/h7-8H,3-6,9H2,1-2H3,(H,17,18,21). The van der Waals surface area contributed by atoms with Gasteiger partial charge in [0.05, 0.1) is 44.1 Å². The molecule has 0 atom stereocenters. The maximum atomic E-state index is 12.3. The lowest BCUT2D eigenvalue weighted by molar-refractivity contribution is -0.132. The quantitative estimate of drug-likeness (QED) is 0.621. The third-order valence-corrected chi connectivity index (χ3v) is 4.74. The first-order valence-corrected chi connectivity index (χ1v) is 8.75. The van der Waals surface area contributed by atoms with Gasteiger partial charge in [-0.1, -0.05) is 11.8 Å². The summed E-state index contributed by atoms with van der Waals surface area (Å²) in [6.45, 7) is 2.31. The molecule has 9 heteroatoms. The van der Waals surface area contributed by atoms with Crippen LogP contribution in [0.5, 0.6) is 11.5 Å². The molecule has 1 aromatic heterocycles. The van der Waals surface area contributed by atoms with Crippen molar-refractivity contribution in [1.82, 2.24) is 14.9 Å². The zero-order valence-electron chi connectivity index (χ0n) is 14.0. The number of benzene rings is 1. The fourth-order valence-corrected chi connectivity index (χ4v) is 3.32. The molecule has 1 fully saturated rings. The van der Waals surface area contributed by atoms with Crippen LogP contribution < -0.4 is 15.0 Å². The minimum Gasteiger partial charge on any atom is -0.493 e. The van der Waals surface area contributed by atoms with E-state index in [0.29, 0.717) is 53.9 Å². The van der Waals surface area contributed by atoms with Gasteiger partial charge in [-0.2, -0.15) is 0 Å². The molecule has 0 spiro atoms. The summed E-state index contributed by atoms with van der Waals surface area (Å²) < 4.78 is 15.7. The number of H-pyrrole nitrogens is 1. The van der Waals surface area contributed by atoms with Gasteiger partial charge < -0.3 is 24.1 Å². The van der Waals surface area contributed by atoms with Crippen molar-refractivity contribution in [1.29, 1.82) is 0 Å². The molecular weight excluding hydrogens is 346 g/mol. The van der Waals surface area contributed by atoms with E-state index in [-0.39, 0.29) is 17.2 Å². The SMILES string of the molecule is COc1cc2nc(SCC(=O)N3CCOCC3)[nH]c(=O)c2cc1OC. The smallest absolute Gasteiger partial charge is 0.259 e. The molecule has 2 heterocycles. The number of ether oxygens (including phenoxy) is 3. The fourth-order valence-electron chi connectivity index (χ4n) is 2.55. The van der Waals surface area contributed by atoms with Crippen LogP contribution in [0, 0.1) is 0 Å². The molecule has 0 bridgehead atoms. The van der Waals surface area contributed by atoms with Gasteiger partial charge >= 0.3 is 0 Å². The minimum absolute atomic E-state index is 0.00311. The van der Waals surface area contributed by atoms with Crippen LogP contribution >= 0.6 is 11.8 Å². The Hall–Kier alpha value is -2.26. The zero-order chi connectivity index (χ0) is 17.8. The second-order valence-corrected chi connectivity index (χ2v) is 6.34. The molecule has 25 heavy (non-hydrogen) atoms. The van der Waals surface area contributed by atoms with Crippen molar-refractivity contribution in [3.05, 3.63) is 22.5 Å². The van der Waals surface area contributed by atoms with Crippen LogP contribution in [0.4, 0.5) is 0 Å². The van der Waals surface area contributed by atoms with E-state index in [1.165, 1.54) is 26.0 Å². The van der Waals surface area contributed by atoms with Crippen molar-refractivity contribution < 1.29 is 19.0 Å². The normalized spacial score (nSPS) is 14.6. The number of hydrogen-bond acceptors (Lipinski definition) is 7. The molecule has 1 aliphatic rings. The largest absolute Gasteiger partial charge is 0.493 e. The van der Waals surface area contributed by atoms with Gasteiger partial charge in [-0.05, 0) is 6.07 Å². The van der Waals surface area contributed by atoms with Crippen molar-refractivity contribution in [3.8, 4) is 11.5 Å². The Balaban J connectivity index is 1.80. The fraction of sp³-hybridized carbons (Fsp3) is 0.438. The molecule has 1 N–H and O–H groups in total. The number of carbonyl (C=O) groups excluding carboxylic acids is 1. The number of methoxy groups -OCH3 is 2. The first-order valence-electron chi connectivity index (χ1n) is 7.76. The predicted molar refractivity (Wildman–Crippen MR) is 93.6 cm³/mol. The van der Waals surface area contributed by atoms with E-state index < -0.39 is 0 Å². The third kappa shape index (κ3) is 3.88. The highest BCUT2D eigenvalue weighted by atomic mass is 32.2. The average Bonchev–Trinajstić information content (AvgIpc) is 2.65. The van der Waals surface area contributed by atoms with Crippen molar-refractivity contribution in [2.24, 2.45) is 0 Å². The summed E-state index contributed by atoms with van der Waals surface area (Å²) in [5.74, 6) is 1.17. The molecule has 1 saturated heterocycles. The van der Waals surface area contributed by atoms with Crippen LogP contribution in [0.15, 0.2) is 22.1 Å². The van der Waals surface area contributed by atoms with Crippen LogP contribution in [0.3, 0.4) is 0 Å². The highest BCUT2D eigenvalue weighted by Gasteiger charge is 2.18. The molecule has 2 aromatic rings. The second kappa shape index (κ2) is 7.75. The van der Waals surface area contributed by atoms with Gasteiger partial charge in [-0.25, -0.2) is 4.98 Å². The molecule has 0 unspecified atom stereocenters. The van der Waals surface area contributed by atoms with Gasteiger partial charge in [0.25, 0.3) is 5.56 Å². The summed E-state index contributed by atoms with van der Waals surface area (Å²) in [4.78, 5) is 33.4. The second-order valence-electron chi connectivity index (χ2n) is 5.38. The number of thioether (sulfide) groups is 1. The first kappa shape index (κ1) is 17.6. The minimum atomic E-state index is -0.285. The molecule has 1 aromatic carbocycles. The zero-order valence-corrected chi connectivity index (χ0v) is 14.9. The van der Waals surface area contributed by atoms with Crippen molar-refractivity contribution in [2.75, 3.05) is 46.3 Å². The Morgan fingerprint density at radius 3 is 2.64 bits per heavy atom. The summed E-state index contributed by atoms with van der Waals surface area (Å²) in [6, 6.07) is 3.24. The Bertz CT molecular complexity index is 832. The Kier molecular flexibility index (Phi) is 5.44. The molecule has 0 radical (unpaired) electrons. The number of amides is 1. The lowest BCUT2D eigenvalue weighted by Gasteiger charge is -2.26. The summed E-state index contributed by atoms with van der Waals surface area (Å²) in [5.41, 5.74) is 0.204. The molecular formula is C16H19N3O5S. The summed E-state index contributed by atoms with van der Waals surface area (Å²) in [5, 5.41) is 0.799. The number of nitrogens with zero attached hydrogens (tertiary/aromatic N) is 2. The highest BCUT2D eigenvalue weighted by molar-refractivity contribution is 7.99. The molecule has 0 saturated carbocycles. The molecule has 0 aliphatic carbocycles. The lowest BCUT2D eigenvalue weighted by atomic mass is 10.2. The van der Waals surface area contributed by atoms with E-state index >= 15 is 0 Å². The molecule has 134 valence electrons. The maximum absolute atomic E-state index is 12.3. The van der Waals surface area contributed by atoms with Crippen molar-refractivity contribution in [2.45, 2.75) is 5.16 Å². The number of fused-ring (bicyclic) bond motifs is 1. The number of aromatic amines is 1. The number of rotatable bonds is 5. The number of hydrogen-bond donors (Lipinski definition) is 1. The van der Waals surface area contributed by atoms with Gasteiger partial charge in [-0.3, -0.25) is 9.59 Å². The van der Waals surface area contributed by atoms with E-state index in [4.69, 9.17) is 14.2 Å². The summed E-state index contributed by atoms with van der Waals surface area (Å²) >= 11 is 1.20. The third-order valence-electron chi connectivity index (χ3n) is 3.89. The van der Waals surface area contributed by atoms with Crippen LogP contribution in [-0.2, 0) is 9.53 Å². The van der Waals surface area contributed by atoms with Gasteiger partial charge in [0.15, 0.2) is 16.7 Å². The van der Waals surface area contributed by atoms with E-state index in [2.05, 4.69) is 9.97 Å². The van der Waals surface area contributed by atoms with E-state index in [0.717, 1.165) is 0 Å². The van der Waals surface area contributed by atoms with Gasteiger partial charge in [0, 0.05) is 19.2 Å². The first-order chi connectivity index (χ1) is 12.1. The summed E-state index contributed by atoms with van der Waals surface area (Å²) in [6.07, 6.45) is 0. The van der Waals surface area contributed by atoms with Crippen molar-refractivity contribution in [3.63, 3.8) is 0 Å². The Morgan fingerprint density at radius 2 is 1.96 bits per heavy atom. The van der Waals surface area contributed by atoms with Crippen LogP contribution in [0.1, 0.15) is 0 Å². The lowest BCUT2D eigenvalue weighted by Crippen LogP contribution is -2.41. The Labute approximate surface area is 148 Å². The van der Waals surface area contributed by atoms with Gasteiger partial charge in [-0.15, -0.1) is 0 Å². The van der Waals surface area contributed by atoms with Gasteiger partial charge in [0.2, 0.25) is 5.91 Å². The van der Waals surface area contributed by atoms with Crippen LogP contribution in [0.2, 0.25) is 0 Å². The van der Waals surface area contributed by atoms with E-state index in [9.17, 15) is 9.59 Å². The van der Waals surface area contributed by atoms with E-state index in [1.54, 1.807) is 17.0 Å². The predicted octanol–water partition coefficient (Wildman–Crippen LogP) is 0.891. The number of morpholine rings is 1.